The van der Waals surface area contributed by atoms with E-state index >= 15 is 0 Å². The molecule has 3 rings (SSSR count). The zero-order valence-electron chi connectivity index (χ0n) is 9.75. The van der Waals surface area contributed by atoms with Crippen molar-refractivity contribution in [3.8, 4) is 0 Å². The lowest BCUT2D eigenvalue weighted by Gasteiger charge is -2.04. The van der Waals surface area contributed by atoms with E-state index in [1.807, 2.05) is 30.3 Å². The molecule has 0 unspecified atom stereocenters. The predicted octanol–water partition coefficient (Wildman–Crippen LogP) is -0.245. The Kier molecular flexibility index (Phi) is 2.64. The molecule has 0 bridgehead atoms. The van der Waals surface area contributed by atoms with Gasteiger partial charge in [-0.25, -0.2) is 4.79 Å². The number of anilines is 1. The van der Waals surface area contributed by atoms with Crippen LogP contribution in [0.3, 0.4) is 0 Å². The van der Waals surface area contributed by atoms with Gasteiger partial charge in [-0.05, 0) is 5.56 Å². The summed E-state index contributed by atoms with van der Waals surface area (Å²) in [5, 5.41) is 2.93. The number of hydrogen-bond donors (Lipinski definition) is 2. The Morgan fingerprint density at radius 2 is 1.89 bits per heavy atom. The lowest BCUT2D eigenvalue weighted by atomic mass is 10.2. The van der Waals surface area contributed by atoms with Gasteiger partial charge in [-0.1, -0.05) is 30.3 Å². The molecule has 0 saturated heterocycles. The molecule has 1 aromatic heterocycles. The Balaban J connectivity index is 1.89. The first-order valence-electron chi connectivity index (χ1n) is 5.62. The van der Waals surface area contributed by atoms with Crippen LogP contribution in [0.15, 0.2) is 45.1 Å². The van der Waals surface area contributed by atoms with Crippen LogP contribution in [-0.2, 0) is 6.54 Å². The summed E-state index contributed by atoms with van der Waals surface area (Å²) in [6.07, 6.45) is 0. The van der Waals surface area contributed by atoms with Gasteiger partial charge in [0, 0.05) is 6.54 Å². The Bertz CT molecular complexity index is 810. The average molecular weight is 255 g/mol. The van der Waals surface area contributed by atoms with E-state index in [-0.39, 0.29) is 16.8 Å². The van der Waals surface area contributed by atoms with Crippen molar-refractivity contribution in [3.05, 3.63) is 57.1 Å². The fourth-order valence-electron chi connectivity index (χ4n) is 1.71. The Labute approximate surface area is 106 Å². The number of carbonyl (C=O) groups is 1. The van der Waals surface area contributed by atoms with Crippen LogP contribution in [0.2, 0.25) is 0 Å². The first-order chi connectivity index (χ1) is 9.22. The molecule has 2 heterocycles. The molecule has 7 heteroatoms. The SMILES string of the molecule is O=C1N=c2nc(NCc3ccccc3)[nH]c(=O)c2=N1. The maximum absolute atomic E-state index is 11.6. The van der Waals surface area contributed by atoms with E-state index < -0.39 is 11.6 Å². The molecule has 19 heavy (non-hydrogen) atoms. The molecule has 94 valence electrons. The molecular formula is C12H9N5O2. The minimum Gasteiger partial charge on any atom is -0.352 e. The number of benzene rings is 1. The van der Waals surface area contributed by atoms with Gasteiger partial charge in [0.05, 0.1) is 0 Å². The topological polar surface area (TPSA) is 99.6 Å². The smallest absolute Gasteiger partial charge is 0.352 e. The molecule has 2 amide bonds. The molecule has 0 radical (unpaired) electrons. The molecule has 1 aliphatic heterocycles. The number of aromatic nitrogens is 2. The number of nitrogens with one attached hydrogen (secondary N) is 2. The normalized spacial score (nSPS) is 12.5. The van der Waals surface area contributed by atoms with Crippen LogP contribution >= 0.6 is 0 Å². The van der Waals surface area contributed by atoms with E-state index in [4.69, 9.17) is 0 Å². The fourth-order valence-corrected chi connectivity index (χ4v) is 1.71. The molecule has 0 aliphatic carbocycles. The van der Waals surface area contributed by atoms with Gasteiger partial charge in [0.25, 0.3) is 5.56 Å². The van der Waals surface area contributed by atoms with Crippen molar-refractivity contribution in [2.45, 2.75) is 6.54 Å². The fraction of sp³-hybridized carbons (Fsp3) is 0.0833. The lowest BCUT2D eigenvalue weighted by molar-refractivity contribution is 0.256. The molecule has 0 spiro atoms. The molecule has 7 nitrogen and oxygen atoms in total. The zero-order valence-corrected chi connectivity index (χ0v) is 9.75. The van der Waals surface area contributed by atoms with Crippen molar-refractivity contribution in [2.75, 3.05) is 5.32 Å². The van der Waals surface area contributed by atoms with Crippen LogP contribution in [0.1, 0.15) is 5.56 Å². The van der Waals surface area contributed by atoms with E-state index in [0.717, 1.165) is 5.56 Å². The monoisotopic (exact) mass is 255 g/mol. The van der Waals surface area contributed by atoms with Gasteiger partial charge in [-0.3, -0.25) is 9.78 Å². The summed E-state index contributed by atoms with van der Waals surface area (Å²) in [5.74, 6) is 0.265. The summed E-state index contributed by atoms with van der Waals surface area (Å²) in [5.41, 5.74) is 0.628. The molecule has 2 aromatic rings. The number of amides is 2. The van der Waals surface area contributed by atoms with Gasteiger partial charge in [-0.2, -0.15) is 15.0 Å². The molecule has 0 saturated carbocycles. The summed E-state index contributed by atoms with van der Waals surface area (Å²) >= 11 is 0. The predicted molar refractivity (Wildman–Crippen MR) is 66.3 cm³/mol. The Hall–Kier alpha value is -2.83. The van der Waals surface area contributed by atoms with Crippen molar-refractivity contribution in [1.29, 1.82) is 0 Å². The molecule has 2 N–H and O–H groups in total. The quantitative estimate of drug-likeness (QED) is 0.790. The maximum atomic E-state index is 11.6. The second kappa shape index (κ2) is 4.45. The number of urea groups is 1. The summed E-state index contributed by atoms with van der Waals surface area (Å²) in [6.45, 7) is 0.508. The Morgan fingerprint density at radius 1 is 1.11 bits per heavy atom. The first-order valence-corrected chi connectivity index (χ1v) is 5.62. The molecule has 0 atom stereocenters. The third-order valence-electron chi connectivity index (χ3n) is 2.59. The maximum Gasteiger partial charge on any atom is 0.370 e. The number of nitrogens with zero attached hydrogens (tertiary/aromatic N) is 3. The van der Waals surface area contributed by atoms with Crippen molar-refractivity contribution >= 4 is 12.0 Å². The van der Waals surface area contributed by atoms with Crippen LogP contribution < -0.4 is 21.7 Å². The lowest BCUT2D eigenvalue weighted by Crippen LogP contribution is -2.41. The molecule has 1 aromatic carbocycles. The highest BCUT2D eigenvalue weighted by molar-refractivity contribution is 5.77. The van der Waals surface area contributed by atoms with E-state index in [2.05, 4.69) is 25.3 Å². The summed E-state index contributed by atoms with van der Waals surface area (Å²) in [6, 6.07) is 8.95. The highest BCUT2D eigenvalue weighted by Gasteiger charge is 2.10. The van der Waals surface area contributed by atoms with Crippen LogP contribution in [0.25, 0.3) is 0 Å². The van der Waals surface area contributed by atoms with Crippen LogP contribution in [0.5, 0.6) is 0 Å². The van der Waals surface area contributed by atoms with E-state index in [9.17, 15) is 9.59 Å². The van der Waals surface area contributed by atoms with Crippen LogP contribution in [0.4, 0.5) is 10.7 Å². The van der Waals surface area contributed by atoms with Crippen molar-refractivity contribution in [1.82, 2.24) is 9.97 Å². The Morgan fingerprint density at radius 3 is 2.68 bits per heavy atom. The number of carbonyl (C=O) groups excluding carboxylic acids is 1. The first kappa shape index (κ1) is 11.3. The second-order valence-electron chi connectivity index (χ2n) is 3.93. The minimum atomic E-state index is -0.701. The van der Waals surface area contributed by atoms with Crippen LogP contribution in [-0.4, -0.2) is 16.0 Å². The summed E-state index contributed by atoms with van der Waals surface area (Å²) < 4.78 is 0. The van der Waals surface area contributed by atoms with Gasteiger partial charge < -0.3 is 5.32 Å². The second-order valence-corrected chi connectivity index (χ2v) is 3.93. The number of rotatable bonds is 3. The van der Waals surface area contributed by atoms with Gasteiger partial charge in [0.1, 0.15) is 0 Å². The third-order valence-corrected chi connectivity index (χ3v) is 2.59. The highest BCUT2D eigenvalue weighted by Crippen LogP contribution is 2.00. The van der Waals surface area contributed by atoms with Gasteiger partial charge in [0.2, 0.25) is 5.95 Å². The third kappa shape index (κ3) is 2.25. The molecule has 1 aliphatic rings. The zero-order chi connectivity index (χ0) is 13.2. The highest BCUT2D eigenvalue weighted by atomic mass is 16.2. The van der Waals surface area contributed by atoms with Gasteiger partial charge in [-0.15, -0.1) is 0 Å². The summed E-state index contributed by atoms with van der Waals surface area (Å²) in [7, 11) is 0. The van der Waals surface area contributed by atoms with Crippen LogP contribution in [0, 0.1) is 0 Å². The van der Waals surface area contributed by atoms with Crippen molar-refractivity contribution < 1.29 is 4.79 Å². The standard InChI is InChI=1S/C12H9N5O2/c18-10-8-9(16-12(19)14-8)15-11(17-10)13-6-7-4-2-1-3-5-7/h1-5H,6H2,(H2,13,15,16,17,18,19). The molecule has 0 fully saturated rings. The largest absolute Gasteiger partial charge is 0.370 e. The number of aromatic amines is 1. The average Bonchev–Trinajstić information content (AvgIpc) is 2.79. The van der Waals surface area contributed by atoms with E-state index in [0.29, 0.717) is 6.54 Å². The van der Waals surface area contributed by atoms with Crippen molar-refractivity contribution in [3.63, 3.8) is 0 Å². The number of hydrogen-bond acceptors (Lipinski definition) is 4. The summed E-state index contributed by atoms with van der Waals surface area (Å²) in [4.78, 5) is 36.2. The molecular weight excluding hydrogens is 246 g/mol. The number of fused-ring (bicyclic) bond motifs is 1. The van der Waals surface area contributed by atoms with Gasteiger partial charge in [0.15, 0.2) is 10.8 Å². The minimum absolute atomic E-state index is 0.0322. The van der Waals surface area contributed by atoms with Gasteiger partial charge >= 0.3 is 6.03 Å². The van der Waals surface area contributed by atoms with Crippen molar-refractivity contribution in [2.24, 2.45) is 9.98 Å². The van der Waals surface area contributed by atoms with E-state index in [1.165, 1.54) is 0 Å². The number of H-pyrrole nitrogens is 1. The van der Waals surface area contributed by atoms with E-state index in [1.54, 1.807) is 0 Å².